The number of aliphatic hydroxyl groups excluding tert-OH is 1. The van der Waals surface area contributed by atoms with Crippen molar-refractivity contribution in [1.29, 1.82) is 0 Å². The molecule has 7 heteroatoms. The molecule has 0 aliphatic carbocycles. The van der Waals surface area contributed by atoms with E-state index >= 15 is 0 Å². The minimum absolute atomic E-state index is 0.00555. The maximum absolute atomic E-state index is 13.4. The first-order valence-corrected chi connectivity index (χ1v) is 8.18. The maximum Gasteiger partial charge on any atom is 0.315 e. The molecule has 1 aliphatic rings. The van der Waals surface area contributed by atoms with Crippen LogP contribution in [0, 0.1) is 5.82 Å². The van der Waals surface area contributed by atoms with Gasteiger partial charge in [-0.15, -0.1) is 0 Å². The molecule has 5 nitrogen and oxygen atoms in total. The number of nitrogens with one attached hydrogen (secondary N) is 2. The van der Waals surface area contributed by atoms with Gasteiger partial charge in [0.05, 0.1) is 23.3 Å². The predicted octanol–water partition coefficient (Wildman–Crippen LogP) is 2.77. The Bertz CT molecular complexity index is 538. The fourth-order valence-electron chi connectivity index (χ4n) is 2.62. The lowest BCUT2D eigenvalue weighted by Gasteiger charge is -2.23. The molecule has 23 heavy (non-hydrogen) atoms. The third-order valence-corrected chi connectivity index (χ3v) is 4.26. The van der Waals surface area contributed by atoms with Crippen LogP contribution < -0.4 is 10.6 Å². The molecular weight excluding hydrogens is 323 g/mol. The van der Waals surface area contributed by atoms with E-state index in [-0.39, 0.29) is 29.7 Å². The molecule has 2 rings (SSSR count). The van der Waals surface area contributed by atoms with Crippen molar-refractivity contribution < 1.29 is 19.0 Å². The highest BCUT2D eigenvalue weighted by molar-refractivity contribution is 6.30. The lowest BCUT2D eigenvalue weighted by atomic mass is 10.1. The zero-order valence-electron chi connectivity index (χ0n) is 13.0. The monoisotopic (exact) mass is 344 g/mol. The van der Waals surface area contributed by atoms with Crippen molar-refractivity contribution in [2.75, 3.05) is 13.2 Å². The Hall–Kier alpha value is -1.37. The van der Waals surface area contributed by atoms with E-state index in [0.29, 0.717) is 5.56 Å². The first kappa shape index (κ1) is 18.0. The van der Waals surface area contributed by atoms with Crippen LogP contribution in [0.3, 0.4) is 0 Å². The maximum atomic E-state index is 13.4. The fraction of sp³-hybridized carbons (Fsp3) is 0.562. The summed E-state index contributed by atoms with van der Waals surface area (Å²) in [6.45, 7) is 2.69. The number of benzene rings is 1. The van der Waals surface area contributed by atoms with E-state index in [0.717, 1.165) is 31.9 Å². The number of amides is 2. The van der Waals surface area contributed by atoms with Gasteiger partial charge in [-0.05, 0) is 37.0 Å². The van der Waals surface area contributed by atoms with Gasteiger partial charge in [-0.1, -0.05) is 24.6 Å². The van der Waals surface area contributed by atoms with Gasteiger partial charge >= 0.3 is 6.03 Å². The Labute approximate surface area is 140 Å². The SMILES string of the molecule is CCC(NC(=O)NCC(O)c1ccc(Cl)c(F)c1)C1CCCO1. The number of rotatable bonds is 6. The van der Waals surface area contributed by atoms with Crippen molar-refractivity contribution in [2.24, 2.45) is 0 Å². The Balaban J connectivity index is 1.81. The summed E-state index contributed by atoms with van der Waals surface area (Å²) >= 11 is 5.60. The van der Waals surface area contributed by atoms with Crippen molar-refractivity contribution in [1.82, 2.24) is 10.6 Å². The highest BCUT2D eigenvalue weighted by atomic mass is 35.5. The molecule has 0 spiro atoms. The summed E-state index contributed by atoms with van der Waals surface area (Å²) in [7, 11) is 0. The van der Waals surface area contributed by atoms with E-state index in [1.807, 2.05) is 6.92 Å². The molecule has 3 unspecified atom stereocenters. The van der Waals surface area contributed by atoms with Crippen molar-refractivity contribution >= 4 is 17.6 Å². The predicted molar refractivity (Wildman–Crippen MR) is 86.0 cm³/mol. The van der Waals surface area contributed by atoms with Gasteiger partial charge in [-0.25, -0.2) is 9.18 Å². The Morgan fingerprint density at radius 2 is 2.35 bits per heavy atom. The van der Waals surface area contributed by atoms with Crippen LogP contribution in [0.4, 0.5) is 9.18 Å². The molecule has 1 fully saturated rings. The van der Waals surface area contributed by atoms with Gasteiger partial charge < -0.3 is 20.5 Å². The van der Waals surface area contributed by atoms with Crippen molar-refractivity contribution in [2.45, 2.75) is 44.4 Å². The van der Waals surface area contributed by atoms with Gasteiger partial charge in [0.1, 0.15) is 5.82 Å². The summed E-state index contributed by atoms with van der Waals surface area (Å²) in [5.41, 5.74) is 0.360. The number of halogens is 2. The number of hydrogen-bond acceptors (Lipinski definition) is 3. The Kier molecular flexibility index (Phi) is 6.62. The van der Waals surface area contributed by atoms with Crippen LogP contribution in [0.5, 0.6) is 0 Å². The van der Waals surface area contributed by atoms with E-state index in [2.05, 4.69) is 10.6 Å². The number of urea groups is 1. The third kappa shape index (κ3) is 5.06. The van der Waals surface area contributed by atoms with Crippen LogP contribution in [0.1, 0.15) is 37.9 Å². The summed E-state index contributed by atoms with van der Waals surface area (Å²) in [4.78, 5) is 11.9. The van der Waals surface area contributed by atoms with E-state index < -0.39 is 11.9 Å². The number of ether oxygens (including phenoxy) is 1. The second-order valence-corrected chi connectivity index (χ2v) is 6.02. The smallest absolute Gasteiger partial charge is 0.315 e. The van der Waals surface area contributed by atoms with Gasteiger partial charge in [0.15, 0.2) is 0 Å². The molecule has 0 radical (unpaired) electrons. The van der Waals surface area contributed by atoms with Crippen LogP contribution in [-0.4, -0.2) is 36.4 Å². The Morgan fingerprint density at radius 1 is 1.57 bits per heavy atom. The summed E-state index contributed by atoms with van der Waals surface area (Å²) < 4.78 is 19.0. The average Bonchev–Trinajstić information content (AvgIpc) is 3.07. The first-order valence-electron chi connectivity index (χ1n) is 7.80. The fourth-order valence-corrected chi connectivity index (χ4v) is 2.74. The number of aliphatic hydroxyl groups is 1. The molecule has 1 saturated heterocycles. The molecule has 128 valence electrons. The number of hydrogen-bond donors (Lipinski definition) is 3. The zero-order chi connectivity index (χ0) is 16.8. The molecule has 1 aliphatic heterocycles. The molecule has 2 amide bonds. The standard InChI is InChI=1S/C16H22ClFN2O3/c1-2-13(15-4-3-7-23-15)20-16(22)19-9-14(21)10-5-6-11(17)12(18)8-10/h5-6,8,13-15,21H,2-4,7,9H2,1H3,(H2,19,20,22). The van der Waals surface area contributed by atoms with Crippen LogP contribution >= 0.6 is 11.6 Å². The van der Waals surface area contributed by atoms with Gasteiger partial charge in [0, 0.05) is 13.2 Å². The van der Waals surface area contributed by atoms with Gasteiger partial charge in [-0.2, -0.15) is 0 Å². The van der Waals surface area contributed by atoms with Crippen molar-refractivity contribution in [3.63, 3.8) is 0 Å². The molecule has 3 atom stereocenters. The second kappa shape index (κ2) is 8.47. The Morgan fingerprint density at radius 3 is 2.96 bits per heavy atom. The number of carbonyl (C=O) groups is 1. The van der Waals surface area contributed by atoms with Crippen molar-refractivity contribution in [3.8, 4) is 0 Å². The second-order valence-electron chi connectivity index (χ2n) is 5.61. The number of carbonyl (C=O) groups excluding carboxylic acids is 1. The minimum atomic E-state index is -1.00. The van der Waals surface area contributed by atoms with Crippen molar-refractivity contribution in [3.05, 3.63) is 34.6 Å². The quantitative estimate of drug-likeness (QED) is 0.743. The third-order valence-electron chi connectivity index (χ3n) is 3.95. The largest absolute Gasteiger partial charge is 0.387 e. The molecule has 1 aromatic rings. The summed E-state index contributed by atoms with van der Waals surface area (Å²) in [6.07, 6.45) is 1.75. The molecule has 0 saturated carbocycles. The molecule has 1 heterocycles. The summed E-state index contributed by atoms with van der Waals surface area (Å²) in [6, 6.07) is 3.63. The highest BCUT2D eigenvalue weighted by Crippen LogP contribution is 2.20. The van der Waals surface area contributed by atoms with E-state index in [1.54, 1.807) is 0 Å². The average molecular weight is 345 g/mol. The van der Waals surface area contributed by atoms with Crippen LogP contribution in [-0.2, 0) is 4.74 Å². The van der Waals surface area contributed by atoms with Crippen LogP contribution in [0.2, 0.25) is 5.02 Å². The first-order chi connectivity index (χ1) is 11.0. The van der Waals surface area contributed by atoms with Gasteiger partial charge in [-0.3, -0.25) is 0 Å². The highest BCUT2D eigenvalue weighted by Gasteiger charge is 2.26. The lowest BCUT2D eigenvalue weighted by Crippen LogP contribution is -2.48. The zero-order valence-corrected chi connectivity index (χ0v) is 13.8. The molecule has 1 aromatic carbocycles. The minimum Gasteiger partial charge on any atom is -0.387 e. The molecule has 0 aromatic heterocycles. The normalized spacial score (nSPS) is 20.1. The van der Waals surface area contributed by atoms with Crippen LogP contribution in [0.25, 0.3) is 0 Å². The van der Waals surface area contributed by atoms with Crippen LogP contribution in [0.15, 0.2) is 18.2 Å². The molecule has 3 N–H and O–H groups in total. The topological polar surface area (TPSA) is 70.6 Å². The van der Waals surface area contributed by atoms with E-state index in [1.165, 1.54) is 12.1 Å². The summed E-state index contributed by atoms with van der Waals surface area (Å²) in [5.74, 6) is -0.600. The van der Waals surface area contributed by atoms with Gasteiger partial charge in [0.25, 0.3) is 0 Å². The van der Waals surface area contributed by atoms with Gasteiger partial charge in [0.2, 0.25) is 0 Å². The van der Waals surface area contributed by atoms with E-state index in [4.69, 9.17) is 16.3 Å². The molecule has 0 bridgehead atoms. The lowest BCUT2D eigenvalue weighted by molar-refractivity contribution is 0.0793. The van der Waals surface area contributed by atoms with E-state index in [9.17, 15) is 14.3 Å². The summed E-state index contributed by atoms with van der Waals surface area (Å²) in [5, 5.41) is 15.5. The molecular formula is C16H22ClFN2O3.